The largest absolute Gasteiger partial charge is 0.334 e. The summed E-state index contributed by atoms with van der Waals surface area (Å²) in [5, 5.41) is 11.9. The maximum absolute atomic E-state index is 8.77. The van der Waals surface area contributed by atoms with Crippen LogP contribution in [0.25, 0.3) is 0 Å². The third-order valence-electron chi connectivity index (χ3n) is 2.14. The van der Waals surface area contributed by atoms with Crippen molar-refractivity contribution < 1.29 is 0 Å². The number of nitriles is 1. The summed E-state index contributed by atoms with van der Waals surface area (Å²) in [6.07, 6.45) is 1.89. The lowest BCUT2D eigenvalue weighted by Crippen LogP contribution is -2.36. The molecule has 1 aromatic carbocycles. The number of nitrogens with zero attached hydrogens (tertiary/aromatic N) is 2. The zero-order chi connectivity index (χ0) is 9.80. The Labute approximate surface area is 83.3 Å². The first-order valence-corrected chi connectivity index (χ1v) is 4.53. The van der Waals surface area contributed by atoms with Gasteiger partial charge in [0, 0.05) is 18.4 Å². The zero-order valence-electron chi connectivity index (χ0n) is 7.77. The van der Waals surface area contributed by atoms with Crippen molar-refractivity contribution in [2.45, 2.75) is 0 Å². The predicted molar refractivity (Wildman–Crippen MR) is 55.5 cm³/mol. The molecule has 3 heteroatoms. The van der Waals surface area contributed by atoms with Crippen LogP contribution in [0.5, 0.6) is 0 Å². The van der Waals surface area contributed by atoms with Crippen LogP contribution in [0.15, 0.2) is 42.1 Å². The van der Waals surface area contributed by atoms with E-state index in [9.17, 15) is 0 Å². The summed E-state index contributed by atoms with van der Waals surface area (Å²) in [7, 11) is 0. The zero-order valence-corrected chi connectivity index (χ0v) is 7.77. The molecular formula is C11H11N3. The van der Waals surface area contributed by atoms with Gasteiger partial charge >= 0.3 is 0 Å². The van der Waals surface area contributed by atoms with E-state index in [1.54, 1.807) is 0 Å². The van der Waals surface area contributed by atoms with Gasteiger partial charge in [-0.15, -0.1) is 0 Å². The Balaban J connectivity index is 2.25. The van der Waals surface area contributed by atoms with E-state index in [0.717, 1.165) is 17.9 Å². The van der Waals surface area contributed by atoms with Gasteiger partial charge in [-0.05, 0) is 12.1 Å². The van der Waals surface area contributed by atoms with Crippen molar-refractivity contribution in [2.24, 2.45) is 0 Å². The Hall–Kier alpha value is -1.79. The second-order valence-electron chi connectivity index (χ2n) is 3.16. The van der Waals surface area contributed by atoms with Crippen LogP contribution in [0.1, 0.15) is 0 Å². The molecule has 14 heavy (non-hydrogen) atoms. The lowest BCUT2D eigenvalue weighted by molar-refractivity contribution is 0.707. The van der Waals surface area contributed by atoms with Crippen molar-refractivity contribution in [3.05, 3.63) is 42.1 Å². The Kier molecular flexibility index (Phi) is 2.48. The monoisotopic (exact) mass is 185 g/mol. The van der Waals surface area contributed by atoms with Crippen LogP contribution in [0.2, 0.25) is 0 Å². The molecule has 2 rings (SSSR count). The fraction of sp³-hybridized carbons (Fsp3) is 0.182. The van der Waals surface area contributed by atoms with Gasteiger partial charge in [-0.1, -0.05) is 18.2 Å². The molecule has 0 spiro atoms. The smallest absolute Gasteiger partial charge is 0.0976 e. The van der Waals surface area contributed by atoms with Crippen molar-refractivity contribution in [3.8, 4) is 6.07 Å². The molecule has 0 unspecified atom stereocenters. The van der Waals surface area contributed by atoms with Crippen LogP contribution in [0.4, 0.5) is 5.69 Å². The second kappa shape index (κ2) is 3.95. The fourth-order valence-corrected chi connectivity index (χ4v) is 1.44. The SMILES string of the molecule is N#CC1=CN(c2ccccc2)CNC1. The predicted octanol–water partition coefficient (Wildman–Crippen LogP) is 1.46. The molecule has 0 fully saturated rings. The molecule has 1 aromatic rings. The van der Waals surface area contributed by atoms with Gasteiger partial charge in [0.25, 0.3) is 0 Å². The van der Waals surface area contributed by atoms with Crippen molar-refractivity contribution in [1.29, 1.82) is 5.26 Å². The van der Waals surface area contributed by atoms with Crippen LogP contribution in [-0.2, 0) is 0 Å². The van der Waals surface area contributed by atoms with Gasteiger partial charge in [0.05, 0.1) is 18.3 Å². The van der Waals surface area contributed by atoms with Gasteiger partial charge in [-0.25, -0.2) is 0 Å². The molecule has 1 N–H and O–H groups in total. The van der Waals surface area contributed by atoms with E-state index >= 15 is 0 Å². The molecule has 0 saturated heterocycles. The first kappa shape index (κ1) is 8.79. The molecule has 0 aliphatic carbocycles. The van der Waals surface area contributed by atoms with Gasteiger partial charge in [0.1, 0.15) is 0 Å². The highest BCUT2D eigenvalue weighted by molar-refractivity contribution is 5.51. The number of rotatable bonds is 1. The van der Waals surface area contributed by atoms with E-state index < -0.39 is 0 Å². The number of benzene rings is 1. The normalized spacial score (nSPS) is 15.9. The summed E-state index contributed by atoms with van der Waals surface area (Å²) >= 11 is 0. The van der Waals surface area contributed by atoms with E-state index in [1.807, 2.05) is 41.4 Å². The number of nitrogens with one attached hydrogen (secondary N) is 1. The summed E-state index contributed by atoms with van der Waals surface area (Å²) in [4.78, 5) is 2.03. The van der Waals surface area contributed by atoms with Crippen LogP contribution in [0, 0.1) is 11.3 Å². The number of hydrogen-bond donors (Lipinski definition) is 1. The van der Waals surface area contributed by atoms with Crippen molar-refractivity contribution in [2.75, 3.05) is 18.1 Å². The Morgan fingerprint density at radius 1 is 1.29 bits per heavy atom. The summed E-state index contributed by atoms with van der Waals surface area (Å²) in [6, 6.07) is 12.2. The highest BCUT2D eigenvalue weighted by Gasteiger charge is 2.09. The topological polar surface area (TPSA) is 39.1 Å². The highest BCUT2D eigenvalue weighted by Crippen LogP contribution is 2.15. The minimum atomic E-state index is 0.667. The van der Waals surface area contributed by atoms with Crippen molar-refractivity contribution in [1.82, 2.24) is 5.32 Å². The Morgan fingerprint density at radius 2 is 2.07 bits per heavy atom. The molecule has 1 aliphatic heterocycles. The molecule has 70 valence electrons. The Bertz CT molecular complexity index is 375. The number of anilines is 1. The second-order valence-corrected chi connectivity index (χ2v) is 3.16. The molecule has 0 radical (unpaired) electrons. The maximum Gasteiger partial charge on any atom is 0.0976 e. The molecule has 3 nitrogen and oxygen atoms in total. The lowest BCUT2D eigenvalue weighted by atomic mass is 10.2. The minimum Gasteiger partial charge on any atom is -0.334 e. The van der Waals surface area contributed by atoms with Gasteiger partial charge in [-0.3, -0.25) is 5.32 Å². The molecule has 0 amide bonds. The summed E-state index contributed by atoms with van der Waals surface area (Å²) in [5.74, 6) is 0. The van der Waals surface area contributed by atoms with E-state index in [2.05, 4.69) is 11.4 Å². The van der Waals surface area contributed by atoms with Crippen molar-refractivity contribution in [3.63, 3.8) is 0 Å². The molecule has 0 aromatic heterocycles. The van der Waals surface area contributed by atoms with Crippen LogP contribution in [0.3, 0.4) is 0 Å². The van der Waals surface area contributed by atoms with E-state index in [-0.39, 0.29) is 0 Å². The summed E-state index contributed by atoms with van der Waals surface area (Å²) in [5.41, 5.74) is 1.87. The third kappa shape index (κ3) is 1.76. The first-order chi connectivity index (χ1) is 6.90. The number of hydrogen-bond acceptors (Lipinski definition) is 3. The van der Waals surface area contributed by atoms with Gasteiger partial charge in [-0.2, -0.15) is 5.26 Å². The Morgan fingerprint density at radius 3 is 2.79 bits per heavy atom. The molecular weight excluding hydrogens is 174 g/mol. The molecule has 0 atom stereocenters. The van der Waals surface area contributed by atoms with E-state index in [4.69, 9.17) is 5.26 Å². The summed E-state index contributed by atoms with van der Waals surface area (Å²) < 4.78 is 0. The van der Waals surface area contributed by atoms with Crippen molar-refractivity contribution >= 4 is 5.69 Å². The fourth-order valence-electron chi connectivity index (χ4n) is 1.44. The van der Waals surface area contributed by atoms with Gasteiger partial charge in [0.2, 0.25) is 0 Å². The average molecular weight is 185 g/mol. The van der Waals surface area contributed by atoms with E-state index in [0.29, 0.717) is 6.54 Å². The van der Waals surface area contributed by atoms with Gasteiger partial charge in [0.15, 0.2) is 0 Å². The number of para-hydroxylation sites is 1. The standard InChI is InChI=1S/C11H11N3/c12-6-10-7-13-9-14(8-10)11-4-2-1-3-5-11/h1-5,8,13H,7,9H2. The summed E-state index contributed by atoms with van der Waals surface area (Å²) in [6.45, 7) is 1.43. The third-order valence-corrected chi connectivity index (χ3v) is 2.14. The first-order valence-electron chi connectivity index (χ1n) is 4.53. The molecule has 1 aliphatic rings. The quantitative estimate of drug-likeness (QED) is 0.720. The average Bonchev–Trinajstić information content (AvgIpc) is 2.30. The molecule has 0 saturated carbocycles. The van der Waals surface area contributed by atoms with Crippen LogP contribution >= 0.6 is 0 Å². The van der Waals surface area contributed by atoms with E-state index in [1.165, 1.54) is 0 Å². The van der Waals surface area contributed by atoms with Gasteiger partial charge < -0.3 is 4.90 Å². The molecule has 0 bridgehead atoms. The van der Waals surface area contributed by atoms with Crippen LogP contribution < -0.4 is 10.2 Å². The maximum atomic E-state index is 8.77. The lowest BCUT2D eigenvalue weighted by Gasteiger charge is -2.25. The minimum absolute atomic E-state index is 0.667. The van der Waals surface area contributed by atoms with Crippen LogP contribution in [-0.4, -0.2) is 13.2 Å². The molecule has 1 heterocycles. The highest BCUT2D eigenvalue weighted by atomic mass is 15.2.